The van der Waals surface area contributed by atoms with Crippen molar-refractivity contribution in [3.8, 4) is 6.07 Å². The SMILES string of the molecule is CC(C)[Si](C(C)C)(C(C)C)C(C)C(C#N)CB(O)O. The molecule has 0 aliphatic heterocycles. The van der Waals surface area contributed by atoms with E-state index in [-0.39, 0.29) is 17.8 Å². The van der Waals surface area contributed by atoms with E-state index in [1.807, 2.05) is 0 Å². The lowest BCUT2D eigenvalue weighted by Crippen LogP contribution is -2.50. The molecule has 0 spiro atoms. The first-order valence-electron chi connectivity index (χ1n) is 7.37. The summed E-state index contributed by atoms with van der Waals surface area (Å²) in [4.78, 5) is 0. The van der Waals surface area contributed by atoms with E-state index in [1.54, 1.807) is 0 Å². The fourth-order valence-corrected chi connectivity index (χ4v) is 12.6. The van der Waals surface area contributed by atoms with Crippen LogP contribution in [0.4, 0.5) is 0 Å². The Bertz CT molecular complexity index is 291. The summed E-state index contributed by atoms with van der Waals surface area (Å²) >= 11 is 0. The van der Waals surface area contributed by atoms with Crippen LogP contribution in [0.25, 0.3) is 0 Å². The molecule has 0 rings (SSSR count). The van der Waals surface area contributed by atoms with Crippen molar-refractivity contribution in [1.82, 2.24) is 0 Å². The maximum atomic E-state index is 9.40. The third-order valence-corrected chi connectivity index (χ3v) is 13.0. The van der Waals surface area contributed by atoms with E-state index in [4.69, 9.17) is 0 Å². The first-order valence-corrected chi connectivity index (χ1v) is 9.68. The molecule has 110 valence electrons. The highest BCUT2D eigenvalue weighted by molar-refractivity contribution is 6.84. The van der Waals surface area contributed by atoms with E-state index in [0.717, 1.165) is 0 Å². The van der Waals surface area contributed by atoms with Crippen LogP contribution in [0.2, 0.25) is 28.5 Å². The van der Waals surface area contributed by atoms with Gasteiger partial charge in [0.25, 0.3) is 0 Å². The van der Waals surface area contributed by atoms with Gasteiger partial charge in [-0.2, -0.15) is 5.26 Å². The zero-order valence-corrected chi connectivity index (χ0v) is 14.5. The number of hydrogen-bond donors (Lipinski definition) is 2. The first-order chi connectivity index (χ1) is 8.62. The molecule has 2 unspecified atom stereocenters. The van der Waals surface area contributed by atoms with Gasteiger partial charge in [-0.3, -0.25) is 0 Å². The van der Waals surface area contributed by atoms with Crippen molar-refractivity contribution in [2.24, 2.45) is 5.92 Å². The minimum absolute atomic E-state index is 0.165. The van der Waals surface area contributed by atoms with Crippen molar-refractivity contribution in [3.05, 3.63) is 0 Å². The van der Waals surface area contributed by atoms with Crippen molar-refractivity contribution in [3.63, 3.8) is 0 Å². The monoisotopic (exact) mass is 283 g/mol. The predicted octanol–water partition coefficient (Wildman–Crippen LogP) is 3.67. The van der Waals surface area contributed by atoms with Crippen molar-refractivity contribution in [1.29, 1.82) is 5.26 Å². The lowest BCUT2D eigenvalue weighted by atomic mass is 9.78. The average molecular weight is 283 g/mol. The Balaban J connectivity index is 5.54. The molecule has 2 N–H and O–H groups in total. The Morgan fingerprint density at radius 3 is 1.53 bits per heavy atom. The molecule has 0 amide bonds. The van der Waals surface area contributed by atoms with Crippen LogP contribution < -0.4 is 0 Å². The highest BCUT2D eigenvalue weighted by Crippen LogP contribution is 2.52. The molecule has 0 bridgehead atoms. The molecule has 0 radical (unpaired) electrons. The minimum atomic E-state index is -1.73. The molecular weight excluding hydrogens is 253 g/mol. The van der Waals surface area contributed by atoms with Gasteiger partial charge in [0.15, 0.2) is 0 Å². The second kappa shape index (κ2) is 7.47. The predicted molar refractivity (Wildman–Crippen MR) is 84.6 cm³/mol. The number of nitriles is 1. The molecule has 0 aromatic heterocycles. The molecule has 0 aromatic rings. The largest absolute Gasteiger partial charge is 0.452 e. The van der Waals surface area contributed by atoms with Gasteiger partial charge in [0.1, 0.15) is 0 Å². The third kappa shape index (κ3) is 3.84. The summed E-state index contributed by atoms with van der Waals surface area (Å²) in [5.74, 6) is -0.265. The molecule has 3 nitrogen and oxygen atoms in total. The molecule has 0 heterocycles. The molecule has 0 saturated carbocycles. The first kappa shape index (κ1) is 18.7. The van der Waals surface area contributed by atoms with Gasteiger partial charge in [0.2, 0.25) is 0 Å². The Kier molecular flexibility index (Phi) is 7.35. The van der Waals surface area contributed by atoms with Crippen LogP contribution in [0.15, 0.2) is 0 Å². The van der Waals surface area contributed by atoms with Gasteiger partial charge in [-0.05, 0) is 11.9 Å². The topological polar surface area (TPSA) is 64.2 Å². The highest BCUT2D eigenvalue weighted by Gasteiger charge is 2.49. The summed E-state index contributed by atoms with van der Waals surface area (Å²) < 4.78 is 0. The van der Waals surface area contributed by atoms with Crippen LogP contribution in [-0.2, 0) is 0 Å². The van der Waals surface area contributed by atoms with Crippen LogP contribution in [0, 0.1) is 17.2 Å². The lowest BCUT2D eigenvalue weighted by molar-refractivity contribution is 0.393. The van der Waals surface area contributed by atoms with Crippen molar-refractivity contribution in [2.45, 2.75) is 77.0 Å². The summed E-state index contributed by atoms with van der Waals surface area (Å²) in [6.45, 7) is 15.8. The third-order valence-electron chi connectivity index (χ3n) is 5.02. The lowest BCUT2D eigenvalue weighted by Gasteiger charge is -2.49. The Hall–Kier alpha value is -0.308. The fourth-order valence-electron chi connectivity index (χ4n) is 4.52. The van der Waals surface area contributed by atoms with E-state index in [2.05, 4.69) is 54.5 Å². The normalized spacial score (nSPS) is 15.7. The molecule has 0 saturated heterocycles. The van der Waals surface area contributed by atoms with Crippen LogP contribution in [0.3, 0.4) is 0 Å². The van der Waals surface area contributed by atoms with Crippen LogP contribution in [0.5, 0.6) is 0 Å². The van der Waals surface area contributed by atoms with Gasteiger partial charge >= 0.3 is 7.12 Å². The quantitative estimate of drug-likeness (QED) is 0.701. The molecule has 5 heteroatoms. The number of hydrogen-bond acceptors (Lipinski definition) is 3. The summed E-state index contributed by atoms with van der Waals surface area (Å²) in [7, 11) is -3.11. The minimum Gasteiger partial charge on any atom is -0.427 e. The summed E-state index contributed by atoms with van der Waals surface area (Å²) in [6.07, 6.45) is 0.165. The molecule has 0 aromatic carbocycles. The van der Waals surface area contributed by atoms with Gasteiger partial charge in [-0.25, -0.2) is 0 Å². The fraction of sp³-hybridized carbons (Fsp3) is 0.929. The standard InChI is InChI=1S/C14H30BNO2Si/c1-10(2)19(11(3)4,12(5)6)13(7)14(9-16)8-15(17)18/h10-14,17-18H,8H2,1-7H3. The van der Waals surface area contributed by atoms with Gasteiger partial charge in [0, 0.05) is 5.92 Å². The zero-order valence-electron chi connectivity index (χ0n) is 13.5. The van der Waals surface area contributed by atoms with E-state index in [0.29, 0.717) is 16.6 Å². The van der Waals surface area contributed by atoms with E-state index < -0.39 is 15.2 Å². The Morgan fingerprint density at radius 2 is 1.32 bits per heavy atom. The maximum absolute atomic E-state index is 9.40. The van der Waals surface area contributed by atoms with Crippen molar-refractivity contribution in [2.75, 3.05) is 0 Å². The van der Waals surface area contributed by atoms with E-state index in [9.17, 15) is 15.3 Å². The summed E-state index contributed by atoms with van der Waals surface area (Å²) in [5.41, 5.74) is 2.00. The molecular formula is C14H30BNO2Si. The second-order valence-corrected chi connectivity index (χ2v) is 13.1. The van der Waals surface area contributed by atoms with E-state index in [1.165, 1.54) is 0 Å². The zero-order chi connectivity index (χ0) is 15.4. The van der Waals surface area contributed by atoms with Gasteiger partial charge in [-0.1, -0.05) is 65.1 Å². The number of rotatable bonds is 7. The summed E-state index contributed by atoms with van der Waals surface area (Å²) in [5, 5.41) is 27.8. The molecule has 0 aliphatic rings. The molecule has 2 atom stereocenters. The van der Waals surface area contributed by atoms with Crippen LogP contribution in [0.1, 0.15) is 48.5 Å². The average Bonchev–Trinajstić information content (AvgIpc) is 2.24. The maximum Gasteiger partial charge on any atom is 0.452 e. The Labute approximate surface area is 120 Å². The van der Waals surface area contributed by atoms with Crippen molar-refractivity contribution < 1.29 is 10.0 Å². The molecule has 19 heavy (non-hydrogen) atoms. The van der Waals surface area contributed by atoms with Gasteiger partial charge in [0.05, 0.1) is 14.1 Å². The molecule has 0 aliphatic carbocycles. The number of nitrogens with zero attached hydrogens (tertiary/aromatic N) is 1. The Morgan fingerprint density at radius 1 is 0.947 bits per heavy atom. The summed E-state index contributed by atoms with van der Waals surface area (Å²) in [6, 6.07) is 2.32. The van der Waals surface area contributed by atoms with Crippen molar-refractivity contribution >= 4 is 15.2 Å². The smallest absolute Gasteiger partial charge is 0.427 e. The van der Waals surface area contributed by atoms with E-state index >= 15 is 0 Å². The van der Waals surface area contributed by atoms with Gasteiger partial charge < -0.3 is 10.0 Å². The van der Waals surface area contributed by atoms with Crippen LogP contribution >= 0.6 is 0 Å². The van der Waals surface area contributed by atoms with Gasteiger partial charge in [-0.15, -0.1) is 0 Å². The highest BCUT2D eigenvalue weighted by atomic mass is 28.3. The molecule has 0 fully saturated rings. The van der Waals surface area contributed by atoms with Crippen LogP contribution in [-0.4, -0.2) is 25.2 Å². The second-order valence-electron chi connectivity index (χ2n) is 6.70.